The fourth-order valence-electron chi connectivity index (χ4n) is 4.12. The summed E-state index contributed by atoms with van der Waals surface area (Å²) < 4.78 is 57.6. The van der Waals surface area contributed by atoms with Crippen molar-refractivity contribution in [2.45, 2.75) is 31.1 Å². The van der Waals surface area contributed by atoms with Crippen LogP contribution in [0.4, 0.5) is 5.82 Å². The Morgan fingerprint density at radius 2 is 1.67 bits per heavy atom. The van der Waals surface area contributed by atoms with Crippen molar-refractivity contribution in [1.82, 2.24) is 9.97 Å². The average Bonchev–Trinajstić information content (AvgIpc) is 3.45. The molecule has 0 saturated carbocycles. The molecule has 3 aromatic carbocycles. The lowest BCUT2D eigenvalue weighted by atomic mass is 9.87. The maximum absolute atomic E-state index is 13.6. The van der Waals surface area contributed by atoms with Crippen molar-refractivity contribution in [3.63, 3.8) is 0 Å². The number of aromatic nitrogens is 2. The number of carboxylic acid groups (broad SMARTS) is 1. The first-order valence-electron chi connectivity index (χ1n) is 13.1. The highest BCUT2D eigenvalue weighted by atomic mass is 32.2. The monoisotopic (exact) mass is 607 g/mol. The number of nitrogens with one attached hydrogen (secondary N) is 1. The number of aliphatic carboxylic acids is 1. The standard InChI is InChI=1S/C30H29N3O9S/c1-30(2,3)19-10-12-20(13-11-19)43(36,37)33-28-26(42-23-8-6-5-7-21(23)38-4)29(39-16-25(34)35)32-27(31-28)18-9-14-22-24(15-18)41-17-40-22/h5-15H,16-17H2,1-4H3,(H,34,35)(H,31,32,33). The molecule has 0 amide bonds. The van der Waals surface area contributed by atoms with E-state index >= 15 is 0 Å². The van der Waals surface area contributed by atoms with Gasteiger partial charge >= 0.3 is 5.97 Å². The van der Waals surface area contributed by atoms with Crippen LogP contribution in [0.5, 0.6) is 34.6 Å². The molecule has 1 aliphatic rings. The largest absolute Gasteiger partial charge is 0.493 e. The van der Waals surface area contributed by atoms with Crippen LogP contribution in [-0.4, -0.2) is 50.0 Å². The van der Waals surface area contributed by atoms with Crippen LogP contribution in [0.15, 0.2) is 71.6 Å². The van der Waals surface area contributed by atoms with Gasteiger partial charge in [-0.15, -0.1) is 0 Å². The summed E-state index contributed by atoms with van der Waals surface area (Å²) in [6.45, 7) is 5.31. The maximum Gasteiger partial charge on any atom is 0.341 e. The number of rotatable bonds is 10. The van der Waals surface area contributed by atoms with Gasteiger partial charge in [0.05, 0.1) is 12.0 Å². The summed E-state index contributed by atoms with van der Waals surface area (Å²) in [7, 11) is -2.79. The van der Waals surface area contributed by atoms with Gasteiger partial charge in [-0.1, -0.05) is 45.0 Å². The molecular formula is C30H29N3O9S. The number of benzene rings is 3. The van der Waals surface area contributed by atoms with Crippen LogP contribution in [0, 0.1) is 0 Å². The molecule has 0 saturated heterocycles. The second-order valence-corrected chi connectivity index (χ2v) is 12.1. The lowest BCUT2D eigenvalue weighted by Crippen LogP contribution is -2.18. The minimum atomic E-state index is -4.23. The molecule has 0 aliphatic carbocycles. The fourth-order valence-corrected chi connectivity index (χ4v) is 5.12. The number of hydrogen-bond acceptors (Lipinski definition) is 10. The second kappa shape index (κ2) is 11.7. The van der Waals surface area contributed by atoms with Gasteiger partial charge in [0.25, 0.3) is 15.9 Å². The number of hydrogen-bond donors (Lipinski definition) is 2. The van der Waals surface area contributed by atoms with Crippen LogP contribution in [0.25, 0.3) is 11.4 Å². The molecule has 2 N–H and O–H groups in total. The molecule has 4 aromatic rings. The maximum atomic E-state index is 13.6. The topological polar surface area (TPSA) is 155 Å². The van der Waals surface area contributed by atoms with E-state index in [1.807, 2.05) is 20.8 Å². The number of ether oxygens (including phenoxy) is 5. The van der Waals surface area contributed by atoms with Crippen molar-refractivity contribution in [3.05, 3.63) is 72.3 Å². The van der Waals surface area contributed by atoms with E-state index in [-0.39, 0.29) is 46.1 Å². The zero-order valence-electron chi connectivity index (χ0n) is 23.8. The summed E-state index contributed by atoms with van der Waals surface area (Å²) in [5.41, 5.74) is 1.18. The average molecular weight is 608 g/mol. The Labute approximate surface area is 248 Å². The third-order valence-corrected chi connectivity index (χ3v) is 7.70. The number of carboxylic acids is 1. The number of nitrogens with zero attached hydrogens (tertiary/aromatic N) is 2. The van der Waals surface area contributed by atoms with Gasteiger partial charge in [0.2, 0.25) is 12.5 Å². The van der Waals surface area contributed by atoms with Gasteiger partial charge in [-0.05, 0) is 53.4 Å². The Kier molecular flexibility index (Phi) is 8.00. The molecular weight excluding hydrogens is 578 g/mol. The summed E-state index contributed by atoms with van der Waals surface area (Å²) in [6, 6.07) is 18.0. The molecule has 1 aliphatic heterocycles. The van der Waals surface area contributed by atoms with Crippen molar-refractivity contribution in [1.29, 1.82) is 0 Å². The van der Waals surface area contributed by atoms with Crippen molar-refractivity contribution in [2.24, 2.45) is 0 Å². The van der Waals surface area contributed by atoms with Crippen LogP contribution in [-0.2, 0) is 20.2 Å². The van der Waals surface area contributed by atoms with Gasteiger partial charge in [-0.3, -0.25) is 4.72 Å². The van der Waals surface area contributed by atoms with Crippen LogP contribution in [0.3, 0.4) is 0 Å². The summed E-state index contributed by atoms with van der Waals surface area (Å²) >= 11 is 0. The Hall–Kier alpha value is -5.04. The van der Waals surface area contributed by atoms with E-state index in [1.165, 1.54) is 19.2 Å². The first kappa shape index (κ1) is 29.5. The van der Waals surface area contributed by atoms with Gasteiger partial charge < -0.3 is 28.8 Å². The van der Waals surface area contributed by atoms with Crippen LogP contribution < -0.4 is 28.4 Å². The molecule has 13 heteroatoms. The highest BCUT2D eigenvalue weighted by molar-refractivity contribution is 7.92. The van der Waals surface area contributed by atoms with Gasteiger partial charge in [0.15, 0.2) is 41.2 Å². The number of carbonyl (C=O) groups is 1. The predicted molar refractivity (Wildman–Crippen MR) is 156 cm³/mol. The minimum Gasteiger partial charge on any atom is -0.493 e. The van der Waals surface area contributed by atoms with E-state index in [0.717, 1.165) is 5.56 Å². The van der Waals surface area contributed by atoms with E-state index < -0.39 is 22.6 Å². The summed E-state index contributed by atoms with van der Waals surface area (Å²) in [4.78, 5) is 20.3. The molecule has 0 spiro atoms. The molecule has 0 radical (unpaired) electrons. The van der Waals surface area contributed by atoms with Crippen molar-refractivity contribution in [2.75, 3.05) is 25.2 Å². The molecule has 0 atom stereocenters. The van der Waals surface area contributed by atoms with Gasteiger partial charge in [0, 0.05) is 5.56 Å². The molecule has 43 heavy (non-hydrogen) atoms. The normalized spacial score (nSPS) is 12.5. The Balaban J connectivity index is 1.65. The van der Waals surface area contributed by atoms with E-state index in [2.05, 4.69) is 14.7 Å². The lowest BCUT2D eigenvalue weighted by molar-refractivity contribution is -0.139. The summed E-state index contributed by atoms with van der Waals surface area (Å²) in [6.07, 6.45) is 0. The fraction of sp³-hybridized carbons (Fsp3) is 0.233. The zero-order chi connectivity index (χ0) is 30.8. The minimum absolute atomic E-state index is 0.00634. The summed E-state index contributed by atoms with van der Waals surface area (Å²) in [5.74, 6) is -0.723. The Bertz CT molecular complexity index is 1770. The first-order chi connectivity index (χ1) is 20.4. The van der Waals surface area contributed by atoms with Crippen molar-refractivity contribution in [3.8, 4) is 46.0 Å². The van der Waals surface area contributed by atoms with Gasteiger partial charge in [0.1, 0.15) is 0 Å². The molecule has 12 nitrogen and oxygen atoms in total. The molecule has 2 heterocycles. The van der Waals surface area contributed by atoms with Crippen LogP contribution in [0.1, 0.15) is 26.3 Å². The highest BCUT2D eigenvalue weighted by Gasteiger charge is 2.27. The van der Waals surface area contributed by atoms with Crippen LogP contribution in [0.2, 0.25) is 0 Å². The Morgan fingerprint density at radius 3 is 2.35 bits per heavy atom. The Morgan fingerprint density at radius 1 is 0.977 bits per heavy atom. The third-order valence-electron chi connectivity index (χ3n) is 6.34. The van der Waals surface area contributed by atoms with Gasteiger partial charge in [-0.2, -0.15) is 4.98 Å². The SMILES string of the molecule is COc1ccccc1Oc1c(NS(=O)(=O)c2ccc(C(C)(C)C)cc2)nc(-c2ccc3c(c2)OCO3)nc1OCC(=O)O. The number of para-hydroxylation sites is 2. The van der Waals surface area contributed by atoms with Crippen molar-refractivity contribution < 1.29 is 42.0 Å². The molecule has 5 rings (SSSR count). The van der Waals surface area contributed by atoms with Gasteiger partial charge in [-0.25, -0.2) is 18.2 Å². The highest BCUT2D eigenvalue weighted by Crippen LogP contribution is 2.43. The van der Waals surface area contributed by atoms with Crippen LogP contribution >= 0.6 is 0 Å². The van der Waals surface area contributed by atoms with Crippen molar-refractivity contribution >= 4 is 21.8 Å². The predicted octanol–water partition coefficient (Wildman–Crippen LogP) is 5.23. The van der Waals surface area contributed by atoms with E-state index in [4.69, 9.17) is 23.7 Å². The zero-order valence-corrected chi connectivity index (χ0v) is 24.6. The molecule has 0 fully saturated rings. The smallest absolute Gasteiger partial charge is 0.341 e. The van der Waals surface area contributed by atoms with E-state index in [0.29, 0.717) is 22.8 Å². The summed E-state index contributed by atoms with van der Waals surface area (Å²) in [5, 5.41) is 9.34. The number of anilines is 1. The number of sulfonamides is 1. The molecule has 1 aromatic heterocycles. The second-order valence-electron chi connectivity index (χ2n) is 10.4. The number of fused-ring (bicyclic) bond motifs is 1. The van der Waals surface area contributed by atoms with E-state index in [9.17, 15) is 18.3 Å². The number of methoxy groups -OCH3 is 1. The molecule has 0 unspecified atom stereocenters. The first-order valence-corrected chi connectivity index (χ1v) is 14.5. The molecule has 224 valence electrons. The lowest BCUT2D eigenvalue weighted by Gasteiger charge is -2.20. The van der Waals surface area contributed by atoms with E-state index in [1.54, 1.807) is 54.6 Å². The molecule has 0 bridgehead atoms. The third kappa shape index (κ3) is 6.56. The quantitative estimate of drug-likeness (QED) is 0.243.